The minimum absolute atomic E-state index is 0.0456. The third kappa shape index (κ3) is 4.04. The van der Waals surface area contributed by atoms with Gasteiger partial charge in [-0.3, -0.25) is 0 Å². The van der Waals surface area contributed by atoms with Gasteiger partial charge in [-0.25, -0.2) is 8.78 Å². The highest BCUT2D eigenvalue weighted by Gasteiger charge is 2.14. The molecular weight excluding hydrogens is 256 g/mol. The van der Waals surface area contributed by atoms with Crippen LogP contribution in [0.25, 0.3) is 0 Å². The fraction of sp³-hybridized carbons (Fsp3) is 0.538. The molecule has 0 fully saturated rings. The summed E-state index contributed by atoms with van der Waals surface area (Å²) in [6.07, 6.45) is -1.65. The van der Waals surface area contributed by atoms with Crippen molar-refractivity contribution in [2.24, 2.45) is 5.73 Å². The van der Waals surface area contributed by atoms with Gasteiger partial charge < -0.3 is 19.9 Å². The molecule has 1 aliphatic rings. The van der Waals surface area contributed by atoms with Gasteiger partial charge in [0.1, 0.15) is 6.61 Å². The summed E-state index contributed by atoms with van der Waals surface area (Å²) < 4.78 is 39.8. The van der Waals surface area contributed by atoms with Crippen LogP contribution in [0.5, 0.6) is 11.5 Å². The number of nitrogens with two attached hydrogens (primary N) is 1. The molecule has 0 aromatic heterocycles. The third-order valence-corrected chi connectivity index (χ3v) is 2.74. The maximum atomic E-state index is 12.0. The second kappa shape index (κ2) is 6.68. The minimum Gasteiger partial charge on any atom is -0.490 e. The van der Waals surface area contributed by atoms with Gasteiger partial charge in [0.25, 0.3) is 6.43 Å². The van der Waals surface area contributed by atoms with E-state index in [2.05, 4.69) is 0 Å². The Morgan fingerprint density at radius 2 is 1.89 bits per heavy atom. The van der Waals surface area contributed by atoms with Crippen LogP contribution in [0, 0.1) is 0 Å². The number of benzene rings is 1. The van der Waals surface area contributed by atoms with Crippen molar-refractivity contribution in [2.45, 2.75) is 18.9 Å². The lowest BCUT2D eigenvalue weighted by atomic mass is 10.1. The lowest BCUT2D eigenvalue weighted by molar-refractivity contribution is 0.0125. The molecule has 106 valence electrons. The highest BCUT2D eigenvalue weighted by atomic mass is 19.3. The summed E-state index contributed by atoms with van der Waals surface area (Å²) in [5.41, 5.74) is 6.66. The van der Waals surface area contributed by atoms with Crippen molar-refractivity contribution in [3.63, 3.8) is 0 Å². The monoisotopic (exact) mass is 273 g/mol. The fourth-order valence-corrected chi connectivity index (χ4v) is 1.79. The summed E-state index contributed by atoms with van der Waals surface area (Å²) in [5, 5.41) is 0. The van der Waals surface area contributed by atoms with Gasteiger partial charge in [0.2, 0.25) is 0 Å². The topological polar surface area (TPSA) is 53.7 Å². The Morgan fingerprint density at radius 3 is 2.63 bits per heavy atom. The molecule has 1 unspecified atom stereocenters. The molecule has 1 aromatic carbocycles. The van der Waals surface area contributed by atoms with E-state index in [0.717, 1.165) is 12.0 Å². The fourth-order valence-electron chi connectivity index (χ4n) is 1.79. The molecule has 4 nitrogen and oxygen atoms in total. The smallest absolute Gasteiger partial charge is 0.261 e. The summed E-state index contributed by atoms with van der Waals surface area (Å²) in [7, 11) is 0. The van der Waals surface area contributed by atoms with Gasteiger partial charge in [-0.05, 0) is 17.7 Å². The highest BCUT2D eigenvalue weighted by molar-refractivity contribution is 5.44. The first-order valence-corrected chi connectivity index (χ1v) is 6.18. The normalized spacial score (nSPS) is 16.2. The number of rotatable bonds is 5. The molecule has 0 radical (unpaired) electrons. The van der Waals surface area contributed by atoms with Crippen LogP contribution in [-0.4, -0.2) is 32.9 Å². The van der Waals surface area contributed by atoms with Crippen molar-refractivity contribution in [1.29, 1.82) is 0 Å². The second-order valence-electron chi connectivity index (χ2n) is 4.29. The van der Waals surface area contributed by atoms with Crippen molar-refractivity contribution in [1.82, 2.24) is 0 Å². The summed E-state index contributed by atoms with van der Waals surface area (Å²) in [4.78, 5) is 0. The van der Waals surface area contributed by atoms with Gasteiger partial charge in [0.05, 0.1) is 25.9 Å². The van der Waals surface area contributed by atoms with E-state index in [4.69, 9.17) is 19.9 Å². The third-order valence-electron chi connectivity index (χ3n) is 2.74. The Balaban J connectivity index is 1.98. The second-order valence-corrected chi connectivity index (χ2v) is 4.29. The number of halogens is 2. The van der Waals surface area contributed by atoms with Crippen LogP contribution < -0.4 is 15.2 Å². The van der Waals surface area contributed by atoms with Crippen molar-refractivity contribution in [3.8, 4) is 11.5 Å². The van der Waals surface area contributed by atoms with E-state index in [9.17, 15) is 8.78 Å². The molecule has 0 bridgehead atoms. The summed E-state index contributed by atoms with van der Waals surface area (Å²) in [6, 6.07) is 4.89. The Bertz CT molecular complexity index is 415. The summed E-state index contributed by atoms with van der Waals surface area (Å²) in [6.45, 7) is 0.658. The van der Waals surface area contributed by atoms with Crippen LogP contribution in [0.2, 0.25) is 0 Å². The number of ether oxygens (including phenoxy) is 3. The molecule has 19 heavy (non-hydrogen) atoms. The van der Waals surface area contributed by atoms with Crippen LogP contribution >= 0.6 is 0 Å². The molecule has 0 saturated heterocycles. The van der Waals surface area contributed by atoms with E-state index in [1.807, 2.05) is 0 Å². The molecule has 2 N–H and O–H groups in total. The largest absolute Gasteiger partial charge is 0.490 e. The SMILES string of the molecule is NC(COCC(F)F)c1ccc2c(c1)OCCCO2. The van der Waals surface area contributed by atoms with Crippen LogP contribution in [0.3, 0.4) is 0 Å². The van der Waals surface area contributed by atoms with Crippen molar-refractivity contribution >= 4 is 0 Å². The molecule has 0 amide bonds. The first-order valence-electron chi connectivity index (χ1n) is 6.18. The number of hydrogen-bond acceptors (Lipinski definition) is 4. The van der Waals surface area contributed by atoms with E-state index in [1.165, 1.54) is 0 Å². The summed E-state index contributed by atoms with van der Waals surface area (Å²) >= 11 is 0. The van der Waals surface area contributed by atoms with E-state index < -0.39 is 19.1 Å². The van der Waals surface area contributed by atoms with E-state index >= 15 is 0 Å². The molecule has 0 saturated carbocycles. The average molecular weight is 273 g/mol. The van der Waals surface area contributed by atoms with E-state index in [0.29, 0.717) is 24.7 Å². The average Bonchev–Trinajstić information content (AvgIpc) is 2.62. The zero-order valence-electron chi connectivity index (χ0n) is 10.5. The van der Waals surface area contributed by atoms with Gasteiger partial charge >= 0.3 is 0 Å². The molecule has 1 aromatic rings. The molecule has 1 aliphatic heterocycles. The molecule has 0 spiro atoms. The molecule has 6 heteroatoms. The predicted octanol–water partition coefficient (Wildman–Crippen LogP) is 2.13. The standard InChI is InChI=1S/C13H17F2NO3/c14-13(15)8-17-7-10(16)9-2-3-11-12(6-9)19-5-1-4-18-11/h2-3,6,10,13H,1,4-5,7-8,16H2. The van der Waals surface area contributed by atoms with Crippen molar-refractivity contribution in [2.75, 3.05) is 26.4 Å². The molecule has 2 rings (SSSR count). The minimum atomic E-state index is -2.48. The van der Waals surface area contributed by atoms with Crippen molar-refractivity contribution < 1.29 is 23.0 Å². The van der Waals surface area contributed by atoms with E-state index in [1.54, 1.807) is 18.2 Å². The summed E-state index contributed by atoms with van der Waals surface area (Å²) in [5.74, 6) is 1.32. The zero-order valence-corrected chi connectivity index (χ0v) is 10.5. The molecular formula is C13H17F2NO3. The number of alkyl halides is 2. The van der Waals surface area contributed by atoms with E-state index in [-0.39, 0.29) is 6.61 Å². The van der Waals surface area contributed by atoms with Crippen LogP contribution in [-0.2, 0) is 4.74 Å². The lowest BCUT2D eigenvalue weighted by Gasteiger charge is -2.15. The van der Waals surface area contributed by atoms with Gasteiger partial charge in [0.15, 0.2) is 11.5 Å². The van der Waals surface area contributed by atoms with Crippen LogP contribution in [0.15, 0.2) is 18.2 Å². The predicted molar refractivity (Wildman–Crippen MR) is 65.8 cm³/mol. The molecule has 1 heterocycles. The maximum absolute atomic E-state index is 12.0. The van der Waals surface area contributed by atoms with Gasteiger partial charge in [-0.15, -0.1) is 0 Å². The van der Waals surface area contributed by atoms with Gasteiger partial charge in [-0.1, -0.05) is 6.07 Å². The van der Waals surface area contributed by atoms with Crippen LogP contribution in [0.4, 0.5) is 8.78 Å². The van der Waals surface area contributed by atoms with Gasteiger partial charge in [0, 0.05) is 6.42 Å². The quantitative estimate of drug-likeness (QED) is 0.893. The Hall–Kier alpha value is -1.40. The maximum Gasteiger partial charge on any atom is 0.261 e. The van der Waals surface area contributed by atoms with Crippen molar-refractivity contribution in [3.05, 3.63) is 23.8 Å². The number of fused-ring (bicyclic) bond motifs is 1. The Morgan fingerprint density at radius 1 is 1.16 bits per heavy atom. The first-order chi connectivity index (χ1) is 9.16. The molecule has 0 aliphatic carbocycles. The van der Waals surface area contributed by atoms with Crippen LogP contribution in [0.1, 0.15) is 18.0 Å². The van der Waals surface area contributed by atoms with Gasteiger partial charge in [-0.2, -0.15) is 0 Å². The number of hydrogen-bond donors (Lipinski definition) is 1. The first kappa shape index (κ1) is 14.0. The zero-order chi connectivity index (χ0) is 13.7. The lowest BCUT2D eigenvalue weighted by Crippen LogP contribution is -2.19. The molecule has 1 atom stereocenters. The Labute approximate surface area is 110 Å². The highest BCUT2D eigenvalue weighted by Crippen LogP contribution is 2.31. The Kier molecular flexibility index (Phi) is 4.93.